The van der Waals surface area contributed by atoms with Crippen molar-refractivity contribution in [2.75, 3.05) is 0 Å². The molecule has 0 saturated carbocycles. The molecule has 1 aromatic carbocycles. The van der Waals surface area contributed by atoms with Crippen molar-refractivity contribution >= 4 is 22.5 Å². The fourth-order valence-electron chi connectivity index (χ4n) is 2.12. The van der Waals surface area contributed by atoms with Crippen LogP contribution in [0.2, 0.25) is 5.02 Å². The maximum absolute atomic E-state index is 9.28. The van der Waals surface area contributed by atoms with Gasteiger partial charge in [-0.1, -0.05) is 25.4 Å². The van der Waals surface area contributed by atoms with Gasteiger partial charge in [-0.05, 0) is 36.1 Å². The highest BCUT2D eigenvalue weighted by atomic mass is 35.5. The molecule has 1 aromatic heterocycles. The van der Waals surface area contributed by atoms with Crippen LogP contribution in [0.25, 0.3) is 10.9 Å². The first-order valence-electron chi connectivity index (χ1n) is 5.78. The Morgan fingerprint density at radius 1 is 1.41 bits per heavy atom. The van der Waals surface area contributed by atoms with Gasteiger partial charge in [-0.25, -0.2) is 0 Å². The van der Waals surface area contributed by atoms with Gasteiger partial charge >= 0.3 is 0 Å². The third-order valence-electron chi connectivity index (χ3n) is 2.91. The SMILES string of the molecule is CC(C)CC(NO)c1c[nH]c2ccc(Cl)cc12. The summed E-state index contributed by atoms with van der Waals surface area (Å²) >= 11 is 6.00. The van der Waals surface area contributed by atoms with Gasteiger partial charge in [0.05, 0.1) is 6.04 Å². The molecule has 0 bridgehead atoms. The zero-order chi connectivity index (χ0) is 12.4. The average Bonchev–Trinajstić information content (AvgIpc) is 2.68. The zero-order valence-electron chi connectivity index (χ0n) is 10.00. The number of aromatic amines is 1. The lowest BCUT2D eigenvalue weighted by Gasteiger charge is -2.16. The van der Waals surface area contributed by atoms with Crippen LogP contribution in [0.5, 0.6) is 0 Å². The first-order valence-corrected chi connectivity index (χ1v) is 6.15. The van der Waals surface area contributed by atoms with Crippen molar-refractivity contribution in [1.82, 2.24) is 10.5 Å². The molecule has 4 heteroatoms. The standard InChI is InChI=1S/C13H17ClN2O/c1-8(2)5-13(16-17)11-7-15-12-4-3-9(14)6-10(11)12/h3-4,6-8,13,15-17H,5H2,1-2H3. The van der Waals surface area contributed by atoms with E-state index in [1.54, 1.807) is 0 Å². The number of rotatable bonds is 4. The van der Waals surface area contributed by atoms with Gasteiger partial charge in [-0.2, -0.15) is 5.48 Å². The van der Waals surface area contributed by atoms with Gasteiger partial charge in [0.1, 0.15) is 0 Å². The summed E-state index contributed by atoms with van der Waals surface area (Å²) in [5, 5.41) is 11.0. The molecule has 0 saturated heterocycles. The monoisotopic (exact) mass is 252 g/mol. The van der Waals surface area contributed by atoms with Gasteiger partial charge < -0.3 is 10.2 Å². The topological polar surface area (TPSA) is 48.0 Å². The molecular formula is C13H17ClN2O. The lowest BCUT2D eigenvalue weighted by molar-refractivity contribution is 0.116. The number of hydroxylamine groups is 1. The van der Waals surface area contributed by atoms with E-state index in [9.17, 15) is 5.21 Å². The van der Waals surface area contributed by atoms with Gasteiger partial charge in [0.15, 0.2) is 0 Å². The summed E-state index contributed by atoms with van der Waals surface area (Å²) in [6, 6.07) is 5.66. The Balaban J connectivity index is 2.42. The fraction of sp³-hybridized carbons (Fsp3) is 0.385. The van der Waals surface area contributed by atoms with Crippen molar-refractivity contribution in [3.63, 3.8) is 0 Å². The summed E-state index contributed by atoms with van der Waals surface area (Å²) in [6.45, 7) is 4.26. The third kappa shape index (κ3) is 2.63. The molecule has 92 valence electrons. The second-order valence-corrected chi connectivity index (χ2v) is 5.18. The Labute approximate surface area is 106 Å². The predicted molar refractivity (Wildman–Crippen MR) is 70.4 cm³/mol. The van der Waals surface area contributed by atoms with Crippen LogP contribution in [0.1, 0.15) is 31.9 Å². The fourth-order valence-corrected chi connectivity index (χ4v) is 2.30. The molecular weight excluding hydrogens is 236 g/mol. The Bertz CT molecular complexity index is 507. The summed E-state index contributed by atoms with van der Waals surface area (Å²) in [6.07, 6.45) is 2.80. The second kappa shape index (κ2) is 5.08. The molecule has 1 unspecified atom stereocenters. The number of nitrogens with one attached hydrogen (secondary N) is 2. The number of halogens is 1. The highest BCUT2D eigenvalue weighted by Gasteiger charge is 2.16. The highest BCUT2D eigenvalue weighted by Crippen LogP contribution is 2.29. The van der Waals surface area contributed by atoms with E-state index in [0.717, 1.165) is 22.9 Å². The van der Waals surface area contributed by atoms with E-state index in [0.29, 0.717) is 10.9 Å². The summed E-state index contributed by atoms with van der Waals surface area (Å²) < 4.78 is 0. The van der Waals surface area contributed by atoms with Crippen LogP contribution in [0.3, 0.4) is 0 Å². The van der Waals surface area contributed by atoms with Crippen LogP contribution in [0.4, 0.5) is 0 Å². The molecule has 3 nitrogen and oxygen atoms in total. The van der Waals surface area contributed by atoms with Crippen molar-refractivity contribution in [3.8, 4) is 0 Å². The Morgan fingerprint density at radius 2 is 2.18 bits per heavy atom. The van der Waals surface area contributed by atoms with Crippen LogP contribution in [0.15, 0.2) is 24.4 Å². The molecule has 3 N–H and O–H groups in total. The minimum atomic E-state index is -0.0674. The summed E-state index contributed by atoms with van der Waals surface area (Å²) in [5.41, 5.74) is 4.47. The quantitative estimate of drug-likeness (QED) is 0.723. The minimum absolute atomic E-state index is 0.0674. The maximum atomic E-state index is 9.28. The maximum Gasteiger partial charge on any atom is 0.0592 e. The summed E-state index contributed by atoms with van der Waals surface area (Å²) in [7, 11) is 0. The summed E-state index contributed by atoms with van der Waals surface area (Å²) in [4.78, 5) is 3.19. The van der Waals surface area contributed by atoms with Gasteiger partial charge in [-0.15, -0.1) is 0 Å². The van der Waals surface area contributed by atoms with Crippen LogP contribution in [-0.2, 0) is 0 Å². The van der Waals surface area contributed by atoms with E-state index in [1.807, 2.05) is 24.4 Å². The molecule has 17 heavy (non-hydrogen) atoms. The van der Waals surface area contributed by atoms with Crippen molar-refractivity contribution in [2.24, 2.45) is 5.92 Å². The Kier molecular flexibility index (Phi) is 3.72. The number of hydrogen-bond donors (Lipinski definition) is 3. The molecule has 1 heterocycles. The van der Waals surface area contributed by atoms with E-state index in [1.165, 1.54) is 0 Å². The predicted octanol–water partition coefficient (Wildman–Crippen LogP) is 3.89. The number of fused-ring (bicyclic) bond motifs is 1. The van der Waals surface area contributed by atoms with E-state index >= 15 is 0 Å². The first-order chi connectivity index (χ1) is 8.11. The van der Waals surface area contributed by atoms with E-state index in [2.05, 4.69) is 24.3 Å². The Hall–Kier alpha value is -1.03. The number of aromatic nitrogens is 1. The average molecular weight is 253 g/mol. The largest absolute Gasteiger partial charge is 0.361 e. The molecule has 2 rings (SSSR count). The van der Waals surface area contributed by atoms with Crippen molar-refractivity contribution in [1.29, 1.82) is 0 Å². The molecule has 0 aliphatic carbocycles. The van der Waals surface area contributed by atoms with E-state index in [4.69, 9.17) is 11.6 Å². The number of hydrogen-bond acceptors (Lipinski definition) is 2. The van der Waals surface area contributed by atoms with Gasteiger partial charge in [0.2, 0.25) is 0 Å². The molecule has 0 radical (unpaired) electrons. The molecule has 0 spiro atoms. The van der Waals surface area contributed by atoms with Gasteiger partial charge in [-0.3, -0.25) is 0 Å². The van der Waals surface area contributed by atoms with Crippen LogP contribution < -0.4 is 5.48 Å². The lowest BCUT2D eigenvalue weighted by atomic mass is 9.97. The molecule has 0 aliphatic heterocycles. The summed E-state index contributed by atoms with van der Waals surface area (Å²) in [5.74, 6) is 0.504. The molecule has 1 atom stereocenters. The molecule has 0 aliphatic rings. The number of benzene rings is 1. The van der Waals surface area contributed by atoms with Crippen molar-refractivity contribution in [2.45, 2.75) is 26.3 Å². The zero-order valence-corrected chi connectivity index (χ0v) is 10.8. The molecule has 0 amide bonds. The lowest BCUT2D eigenvalue weighted by Crippen LogP contribution is -2.18. The highest BCUT2D eigenvalue weighted by molar-refractivity contribution is 6.31. The molecule has 0 fully saturated rings. The molecule has 2 aromatic rings. The van der Waals surface area contributed by atoms with Crippen LogP contribution in [-0.4, -0.2) is 10.2 Å². The van der Waals surface area contributed by atoms with Crippen molar-refractivity contribution in [3.05, 3.63) is 35.0 Å². The smallest absolute Gasteiger partial charge is 0.0592 e. The van der Waals surface area contributed by atoms with Gasteiger partial charge in [0.25, 0.3) is 0 Å². The van der Waals surface area contributed by atoms with Crippen molar-refractivity contribution < 1.29 is 5.21 Å². The number of H-pyrrole nitrogens is 1. The van der Waals surface area contributed by atoms with Crippen LogP contribution in [0, 0.1) is 5.92 Å². The Morgan fingerprint density at radius 3 is 2.82 bits per heavy atom. The van der Waals surface area contributed by atoms with Gasteiger partial charge in [0, 0.05) is 22.1 Å². The minimum Gasteiger partial charge on any atom is -0.361 e. The van der Waals surface area contributed by atoms with E-state index < -0.39 is 0 Å². The second-order valence-electron chi connectivity index (χ2n) is 4.75. The normalized spacial score (nSPS) is 13.5. The van der Waals surface area contributed by atoms with Crippen LogP contribution >= 0.6 is 11.6 Å². The third-order valence-corrected chi connectivity index (χ3v) is 3.15. The van der Waals surface area contributed by atoms with E-state index in [-0.39, 0.29) is 6.04 Å². The first kappa shape index (κ1) is 12.4.